The van der Waals surface area contributed by atoms with Gasteiger partial charge in [-0.1, -0.05) is 92.9 Å². The summed E-state index contributed by atoms with van der Waals surface area (Å²) in [6.07, 6.45) is 22.4. The van der Waals surface area contributed by atoms with Gasteiger partial charge in [0.25, 0.3) is 0 Å². The Morgan fingerprint density at radius 2 is 0.655 bits per heavy atom. The summed E-state index contributed by atoms with van der Waals surface area (Å²) in [4.78, 5) is 0. The molecule has 2 heteroatoms. The molecule has 178 valence electrons. The lowest BCUT2D eigenvalue weighted by Gasteiger charge is -2.39. The van der Waals surface area contributed by atoms with E-state index in [-0.39, 0.29) is 0 Å². The zero-order valence-electron chi connectivity index (χ0n) is 21.6. The van der Waals surface area contributed by atoms with Crippen LogP contribution in [0.1, 0.15) is 144 Å². The SMILES string of the molecule is CC(C)[O-].CCCCCC[N+](CCCCCC)(CCCCCC)CCCCCC. The highest BCUT2D eigenvalue weighted by Crippen LogP contribution is 2.19. The van der Waals surface area contributed by atoms with Crippen molar-refractivity contribution in [2.75, 3.05) is 26.2 Å². The van der Waals surface area contributed by atoms with Crippen molar-refractivity contribution in [3.8, 4) is 0 Å². The van der Waals surface area contributed by atoms with Crippen molar-refractivity contribution in [3.63, 3.8) is 0 Å². The Kier molecular flexibility index (Phi) is 26.0. The van der Waals surface area contributed by atoms with Crippen molar-refractivity contribution < 1.29 is 9.59 Å². The summed E-state index contributed by atoms with van der Waals surface area (Å²) < 4.78 is 1.46. The van der Waals surface area contributed by atoms with Crippen molar-refractivity contribution >= 4 is 0 Å². The Morgan fingerprint density at radius 1 is 0.448 bits per heavy atom. The number of rotatable bonds is 20. The maximum Gasteiger partial charge on any atom is 0.0786 e. The molecule has 0 N–H and O–H groups in total. The smallest absolute Gasteiger partial charge is 0.0786 e. The first-order valence-electron chi connectivity index (χ1n) is 13.5. The molecular formula is C27H59NO. The fourth-order valence-corrected chi connectivity index (χ4v) is 4.17. The predicted molar refractivity (Wildman–Crippen MR) is 131 cm³/mol. The minimum atomic E-state index is -0.417. The standard InChI is InChI=1S/C24H52N.C3H7O/c1-5-9-13-17-21-25(22-18-14-10-6-2,23-19-15-11-7-3)24-20-16-12-8-4;1-3(2)4/h5-24H2,1-4H3;3H,1-2H3/q+1;-1. The molecule has 0 aliphatic carbocycles. The van der Waals surface area contributed by atoms with E-state index < -0.39 is 6.10 Å². The molecule has 0 amide bonds. The van der Waals surface area contributed by atoms with Crippen LogP contribution in [0.25, 0.3) is 0 Å². The Balaban J connectivity index is 0. The fourth-order valence-electron chi connectivity index (χ4n) is 4.17. The highest BCUT2D eigenvalue weighted by Gasteiger charge is 2.25. The minimum Gasteiger partial charge on any atom is -0.852 e. The van der Waals surface area contributed by atoms with E-state index in [1.165, 1.54) is 133 Å². The van der Waals surface area contributed by atoms with Crippen LogP contribution >= 0.6 is 0 Å². The van der Waals surface area contributed by atoms with Gasteiger partial charge in [-0.25, -0.2) is 0 Å². The predicted octanol–water partition coefficient (Wildman–Crippen LogP) is 7.88. The lowest BCUT2D eigenvalue weighted by molar-refractivity contribution is -0.929. The average molecular weight is 414 g/mol. The molecule has 0 bridgehead atoms. The zero-order chi connectivity index (χ0) is 22.2. The van der Waals surface area contributed by atoms with Crippen LogP contribution in [0.3, 0.4) is 0 Å². The molecule has 0 saturated carbocycles. The first kappa shape index (κ1) is 31.1. The van der Waals surface area contributed by atoms with Crippen molar-refractivity contribution in [2.24, 2.45) is 0 Å². The van der Waals surface area contributed by atoms with Crippen LogP contribution in [0.5, 0.6) is 0 Å². The normalized spacial score (nSPS) is 11.6. The van der Waals surface area contributed by atoms with Gasteiger partial charge in [0, 0.05) is 0 Å². The van der Waals surface area contributed by atoms with Crippen LogP contribution in [0, 0.1) is 0 Å². The number of nitrogens with zero attached hydrogens (tertiary/aromatic N) is 1. The molecule has 0 atom stereocenters. The number of hydrogen-bond acceptors (Lipinski definition) is 1. The van der Waals surface area contributed by atoms with Gasteiger partial charge in [-0.2, -0.15) is 0 Å². The summed E-state index contributed by atoms with van der Waals surface area (Å²) >= 11 is 0. The van der Waals surface area contributed by atoms with Crippen LogP contribution in [0.2, 0.25) is 0 Å². The van der Waals surface area contributed by atoms with Gasteiger partial charge in [-0.3, -0.25) is 0 Å². The molecule has 0 fully saturated rings. The van der Waals surface area contributed by atoms with Gasteiger partial charge in [-0.15, -0.1) is 6.10 Å². The molecule has 29 heavy (non-hydrogen) atoms. The maximum atomic E-state index is 9.53. The molecular weight excluding hydrogens is 354 g/mol. The highest BCUT2D eigenvalue weighted by molar-refractivity contribution is 4.53. The zero-order valence-corrected chi connectivity index (χ0v) is 21.6. The summed E-state index contributed by atoms with van der Waals surface area (Å²) in [5, 5.41) is 9.53. The number of unbranched alkanes of at least 4 members (excludes halogenated alkanes) is 12. The van der Waals surface area contributed by atoms with Crippen LogP contribution in [-0.2, 0) is 0 Å². The maximum absolute atomic E-state index is 9.53. The van der Waals surface area contributed by atoms with Crippen LogP contribution in [-0.4, -0.2) is 36.8 Å². The van der Waals surface area contributed by atoms with E-state index in [4.69, 9.17) is 0 Å². The van der Waals surface area contributed by atoms with Crippen LogP contribution in [0.4, 0.5) is 0 Å². The highest BCUT2D eigenvalue weighted by atomic mass is 16.3. The van der Waals surface area contributed by atoms with Gasteiger partial charge in [0.15, 0.2) is 0 Å². The molecule has 0 saturated heterocycles. The molecule has 0 aromatic carbocycles. The van der Waals surface area contributed by atoms with Crippen molar-refractivity contribution in [2.45, 2.75) is 150 Å². The monoisotopic (exact) mass is 413 g/mol. The molecule has 0 heterocycles. The topological polar surface area (TPSA) is 23.1 Å². The van der Waals surface area contributed by atoms with Gasteiger partial charge < -0.3 is 9.59 Å². The lowest BCUT2D eigenvalue weighted by atomic mass is 10.1. The van der Waals surface area contributed by atoms with E-state index in [9.17, 15) is 5.11 Å². The minimum absolute atomic E-state index is 0.417. The molecule has 0 aromatic rings. The van der Waals surface area contributed by atoms with Gasteiger partial charge in [0.1, 0.15) is 0 Å². The molecule has 0 rings (SSSR count). The molecule has 2 nitrogen and oxygen atoms in total. The van der Waals surface area contributed by atoms with E-state index in [0.717, 1.165) is 0 Å². The van der Waals surface area contributed by atoms with E-state index in [0.29, 0.717) is 0 Å². The number of quaternary nitrogens is 1. The largest absolute Gasteiger partial charge is 0.852 e. The van der Waals surface area contributed by atoms with Gasteiger partial charge in [-0.05, 0) is 51.4 Å². The second kappa shape index (κ2) is 24.2. The number of hydrogen-bond donors (Lipinski definition) is 0. The van der Waals surface area contributed by atoms with Crippen LogP contribution in [0.15, 0.2) is 0 Å². The summed E-state index contributed by atoms with van der Waals surface area (Å²) in [7, 11) is 0. The second-order valence-electron chi connectivity index (χ2n) is 9.53. The molecule has 0 radical (unpaired) electrons. The van der Waals surface area contributed by atoms with Gasteiger partial charge in [0.05, 0.1) is 26.2 Å². The third-order valence-corrected chi connectivity index (χ3v) is 5.94. The quantitative estimate of drug-likeness (QED) is 0.147. The Bertz CT molecular complexity index is 234. The van der Waals surface area contributed by atoms with Crippen molar-refractivity contribution in [1.29, 1.82) is 0 Å². The molecule has 0 aliphatic rings. The van der Waals surface area contributed by atoms with E-state index >= 15 is 0 Å². The van der Waals surface area contributed by atoms with Gasteiger partial charge in [0.2, 0.25) is 0 Å². The molecule has 0 unspecified atom stereocenters. The summed E-state index contributed by atoms with van der Waals surface area (Å²) in [6.45, 7) is 18.4. The second-order valence-corrected chi connectivity index (χ2v) is 9.53. The van der Waals surface area contributed by atoms with E-state index in [1.54, 1.807) is 13.8 Å². The van der Waals surface area contributed by atoms with Crippen LogP contribution < -0.4 is 5.11 Å². The average Bonchev–Trinajstić information content (AvgIpc) is 2.69. The van der Waals surface area contributed by atoms with E-state index in [1.807, 2.05) is 0 Å². The fraction of sp³-hybridized carbons (Fsp3) is 1.00. The molecule has 0 aromatic heterocycles. The first-order chi connectivity index (χ1) is 14.0. The lowest BCUT2D eigenvalue weighted by Crippen LogP contribution is -2.50. The van der Waals surface area contributed by atoms with Crippen molar-refractivity contribution in [3.05, 3.63) is 0 Å². The molecule has 0 spiro atoms. The molecule has 0 aliphatic heterocycles. The van der Waals surface area contributed by atoms with E-state index in [2.05, 4.69) is 27.7 Å². The van der Waals surface area contributed by atoms with Gasteiger partial charge >= 0.3 is 0 Å². The Labute approximate surface area is 186 Å². The summed E-state index contributed by atoms with van der Waals surface area (Å²) in [6, 6.07) is 0. The summed E-state index contributed by atoms with van der Waals surface area (Å²) in [5.41, 5.74) is 0. The Hall–Kier alpha value is -0.0800. The third-order valence-electron chi connectivity index (χ3n) is 5.94. The van der Waals surface area contributed by atoms with Crippen molar-refractivity contribution in [1.82, 2.24) is 0 Å². The summed E-state index contributed by atoms with van der Waals surface area (Å²) in [5.74, 6) is 0. The first-order valence-corrected chi connectivity index (χ1v) is 13.5. The third kappa shape index (κ3) is 24.1. The Morgan fingerprint density at radius 3 is 0.828 bits per heavy atom.